The van der Waals surface area contributed by atoms with Gasteiger partial charge in [-0.2, -0.15) is 5.10 Å². The van der Waals surface area contributed by atoms with Crippen LogP contribution in [0.5, 0.6) is 0 Å². The van der Waals surface area contributed by atoms with Crippen LogP contribution in [-0.2, 0) is 21.8 Å². The third kappa shape index (κ3) is 3.26. The number of methoxy groups -OCH3 is 1. The normalized spacial score (nSPS) is 11.3. The van der Waals surface area contributed by atoms with Gasteiger partial charge < -0.3 is 4.74 Å². The molecule has 1 aromatic heterocycles. The van der Waals surface area contributed by atoms with Crippen LogP contribution in [0.25, 0.3) is 0 Å². The van der Waals surface area contributed by atoms with E-state index in [1.54, 1.807) is 0 Å². The number of carbonyl (C=O) groups is 1. The largest absolute Gasteiger partial charge is 0.464 e. The standard InChI is InChI=1S/C12H11BrClN3O4S/c1-17-10(12(18)21-2)9(11(13)15-17)16-22(19,20)8-5-3-7(14)4-6-8/h3-6,16H,1-2H3. The van der Waals surface area contributed by atoms with Gasteiger partial charge >= 0.3 is 5.97 Å². The zero-order valence-electron chi connectivity index (χ0n) is 11.5. The van der Waals surface area contributed by atoms with Gasteiger partial charge in [-0.15, -0.1) is 0 Å². The van der Waals surface area contributed by atoms with Crippen molar-refractivity contribution in [3.63, 3.8) is 0 Å². The highest BCUT2D eigenvalue weighted by molar-refractivity contribution is 9.10. The van der Waals surface area contributed by atoms with Gasteiger partial charge in [0.15, 0.2) is 10.3 Å². The van der Waals surface area contributed by atoms with Crippen molar-refractivity contribution in [1.82, 2.24) is 9.78 Å². The summed E-state index contributed by atoms with van der Waals surface area (Å²) in [4.78, 5) is 11.8. The van der Waals surface area contributed by atoms with Crippen LogP contribution in [0.1, 0.15) is 10.5 Å². The van der Waals surface area contributed by atoms with Crippen LogP contribution >= 0.6 is 27.5 Å². The van der Waals surface area contributed by atoms with E-state index in [0.29, 0.717) is 5.02 Å². The van der Waals surface area contributed by atoms with Crippen LogP contribution in [0.4, 0.5) is 5.69 Å². The van der Waals surface area contributed by atoms with Gasteiger partial charge in [-0.05, 0) is 40.2 Å². The van der Waals surface area contributed by atoms with Crippen molar-refractivity contribution in [3.05, 3.63) is 39.6 Å². The number of halogens is 2. The number of hydrogen-bond acceptors (Lipinski definition) is 5. The molecule has 0 aliphatic heterocycles. The summed E-state index contributed by atoms with van der Waals surface area (Å²) in [5.41, 5.74) is -0.0174. The first-order valence-corrected chi connectivity index (χ1v) is 8.51. The lowest BCUT2D eigenvalue weighted by molar-refractivity contribution is 0.0589. The molecule has 10 heteroatoms. The van der Waals surface area contributed by atoms with E-state index in [1.807, 2.05) is 0 Å². The third-order valence-corrected chi connectivity index (χ3v) is 4.92. The minimum Gasteiger partial charge on any atom is -0.464 e. The Labute approximate surface area is 140 Å². The first-order valence-electron chi connectivity index (χ1n) is 5.85. The number of ether oxygens (including phenoxy) is 1. The van der Waals surface area contributed by atoms with Crippen molar-refractivity contribution in [1.29, 1.82) is 0 Å². The van der Waals surface area contributed by atoms with Crippen LogP contribution < -0.4 is 4.72 Å². The first kappa shape index (κ1) is 16.8. The number of benzene rings is 1. The zero-order valence-corrected chi connectivity index (χ0v) is 14.7. The molecular formula is C12H11BrClN3O4S. The maximum atomic E-state index is 12.4. The number of rotatable bonds is 4. The summed E-state index contributed by atoms with van der Waals surface area (Å²) < 4.78 is 33.1. The SMILES string of the molecule is COC(=O)c1c(NS(=O)(=O)c2ccc(Cl)cc2)c(Br)nn1C. The quantitative estimate of drug-likeness (QED) is 0.785. The summed E-state index contributed by atoms with van der Waals surface area (Å²) in [5, 5.41) is 4.37. The van der Waals surface area contributed by atoms with E-state index < -0.39 is 16.0 Å². The van der Waals surface area contributed by atoms with Crippen LogP contribution in [-0.4, -0.2) is 31.3 Å². The molecule has 0 radical (unpaired) electrons. The van der Waals surface area contributed by atoms with Crippen molar-refractivity contribution >= 4 is 49.2 Å². The molecule has 2 aromatic rings. The minimum atomic E-state index is -3.90. The molecule has 118 valence electrons. The molecule has 1 heterocycles. The Morgan fingerprint density at radius 3 is 2.50 bits per heavy atom. The fourth-order valence-electron chi connectivity index (χ4n) is 1.72. The minimum absolute atomic E-state index is 0.00321. The number of sulfonamides is 1. The number of esters is 1. The Kier molecular flexibility index (Phi) is 4.78. The highest BCUT2D eigenvalue weighted by Gasteiger charge is 2.26. The molecule has 22 heavy (non-hydrogen) atoms. The molecule has 0 unspecified atom stereocenters. The second-order valence-electron chi connectivity index (χ2n) is 4.19. The monoisotopic (exact) mass is 407 g/mol. The Morgan fingerprint density at radius 2 is 1.95 bits per heavy atom. The van der Waals surface area contributed by atoms with Gasteiger partial charge in [0.25, 0.3) is 10.0 Å². The maximum Gasteiger partial charge on any atom is 0.358 e. The Balaban J connectivity index is 2.46. The third-order valence-electron chi connectivity index (χ3n) is 2.74. The lowest BCUT2D eigenvalue weighted by Crippen LogP contribution is -2.17. The first-order chi connectivity index (χ1) is 10.3. The van der Waals surface area contributed by atoms with E-state index in [4.69, 9.17) is 11.6 Å². The average molecular weight is 409 g/mol. The fourth-order valence-corrected chi connectivity index (χ4v) is 3.58. The average Bonchev–Trinajstić information content (AvgIpc) is 2.72. The molecular weight excluding hydrogens is 398 g/mol. The molecule has 0 spiro atoms. The van der Waals surface area contributed by atoms with Crippen LogP contribution in [0.3, 0.4) is 0 Å². The van der Waals surface area contributed by atoms with Crippen molar-refractivity contribution < 1.29 is 17.9 Å². The van der Waals surface area contributed by atoms with Gasteiger partial charge in [-0.3, -0.25) is 9.40 Å². The Bertz CT molecular complexity index is 818. The van der Waals surface area contributed by atoms with Crippen molar-refractivity contribution in [2.45, 2.75) is 4.90 Å². The summed E-state index contributed by atoms with van der Waals surface area (Å²) >= 11 is 8.85. The van der Waals surface area contributed by atoms with Gasteiger partial charge in [-0.1, -0.05) is 11.6 Å². The van der Waals surface area contributed by atoms with Gasteiger partial charge in [0.2, 0.25) is 0 Å². The van der Waals surface area contributed by atoms with E-state index in [-0.39, 0.29) is 20.9 Å². The van der Waals surface area contributed by atoms with E-state index in [1.165, 1.54) is 43.1 Å². The van der Waals surface area contributed by atoms with Gasteiger partial charge in [0, 0.05) is 12.1 Å². The maximum absolute atomic E-state index is 12.4. The van der Waals surface area contributed by atoms with Gasteiger partial charge in [0.1, 0.15) is 5.69 Å². The molecule has 0 fully saturated rings. The molecule has 7 nitrogen and oxygen atoms in total. The highest BCUT2D eigenvalue weighted by Crippen LogP contribution is 2.28. The molecule has 1 N–H and O–H groups in total. The van der Waals surface area contributed by atoms with Crippen LogP contribution in [0, 0.1) is 0 Å². The summed E-state index contributed by atoms with van der Waals surface area (Å²) in [5.74, 6) is -0.713. The smallest absolute Gasteiger partial charge is 0.358 e. The summed E-state index contributed by atoms with van der Waals surface area (Å²) in [7, 11) is -1.21. The molecule has 0 atom stereocenters. The second-order valence-corrected chi connectivity index (χ2v) is 7.06. The van der Waals surface area contributed by atoms with Gasteiger partial charge in [-0.25, -0.2) is 13.2 Å². The Morgan fingerprint density at radius 1 is 1.36 bits per heavy atom. The topological polar surface area (TPSA) is 90.3 Å². The van der Waals surface area contributed by atoms with Crippen LogP contribution in [0.2, 0.25) is 5.02 Å². The van der Waals surface area contributed by atoms with Crippen LogP contribution in [0.15, 0.2) is 33.8 Å². The second kappa shape index (κ2) is 6.27. The lowest BCUT2D eigenvalue weighted by Gasteiger charge is -2.09. The number of hydrogen-bond donors (Lipinski definition) is 1. The molecule has 0 aliphatic carbocycles. The zero-order chi connectivity index (χ0) is 16.5. The fraction of sp³-hybridized carbons (Fsp3) is 0.167. The molecule has 0 bridgehead atoms. The number of nitrogens with one attached hydrogen (secondary N) is 1. The molecule has 0 aliphatic rings. The molecule has 0 saturated carbocycles. The van der Waals surface area contributed by atoms with Gasteiger partial charge in [0.05, 0.1) is 12.0 Å². The number of carbonyl (C=O) groups excluding carboxylic acids is 1. The summed E-state index contributed by atoms with van der Waals surface area (Å²) in [6.45, 7) is 0. The number of anilines is 1. The van der Waals surface area contributed by atoms with E-state index in [0.717, 1.165) is 0 Å². The predicted octanol–water partition coefficient (Wildman–Crippen LogP) is 2.42. The molecule has 1 aromatic carbocycles. The summed E-state index contributed by atoms with van der Waals surface area (Å²) in [6, 6.07) is 5.62. The summed E-state index contributed by atoms with van der Waals surface area (Å²) in [6.07, 6.45) is 0. The van der Waals surface area contributed by atoms with E-state index in [9.17, 15) is 13.2 Å². The number of aryl methyl sites for hydroxylation is 1. The number of nitrogens with zero attached hydrogens (tertiary/aromatic N) is 2. The number of aromatic nitrogens is 2. The van der Waals surface area contributed by atoms with Crippen molar-refractivity contribution in [3.8, 4) is 0 Å². The van der Waals surface area contributed by atoms with Crippen molar-refractivity contribution in [2.24, 2.45) is 7.05 Å². The highest BCUT2D eigenvalue weighted by atomic mass is 79.9. The predicted molar refractivity (Wildman–Crippen MR) is 84.5 cm³/mol. The van der Waals surface area contributed by atoms with E-state index >= 15 is 0 Å². The molecule has 0 saturated heterocycles. The Hall–Kier alpha value is -1.58. The van der Waals surface area contributed by atoms with E-state index in [2.05, 4.69) is 30.5 Å². The van der Waals surface area contributed by atoms with Crippen molar-refractivity contribution in [2.75, 3.05) is 11.8 Å². The lowest BCUT2D eigenvalue weighted by atomic mass is 10.4. The molecule has 0 amide bonds. The molecule has 2 rings (SSSR count).